The van der Waals surface area contributed by atoms with Crippen molar-refractivity contribution in [2.75, 3.05) is 20.1 Å². The monoisotopic (exact) mass is 501 g/mol. The molecule has 0 radical (unpaired) electrons. The highest BCUT2D eigenvalue weighted by molar-refractivity contribution is 5.96. The Morgan fingerprint density at radius 3 is 2.33 bits per heavy atom. The molecule has 0 spiro atoms. The number of aliphatic carboxylic acids is 2. The number of aromatic hydroxyl groups is 1. The average Bonchev–Trinajstić information content (AvgIpc) is 3.60. The van der Waals surface area contributed by atoms with E-state index in [1.807, 2.05) is 6.07 Å². The van der Waals surface area contributed by atoms with Gasteiger partial charge < -0.3 is 30.6 Å². The van der Waals surface area contributed by atoms with Crippen molar-refractivity contribution < 1.29 is 39.3 Å². The average molecular weight is 502 g/mol. The third-order valence-electron chi connectivity index (χ3n) is 8.94. The Balaban J connectivity index is 0.000000331. The molecule has 9 nitrogen and oxygen atoms in total. The van der Waals surface area contributed by atoms with Crippen LogP contribution in [-0.4, -0.2) is 74.5 Å². The maximum atomic E-state index is 12.3. The van der Waals surface area contributed by atoms with E-state index in [9.17, 15) is 24.6 Å². The van der Waals surface area contributed by atoms with Crippen LogP contribution in [0.2, 0.25) is 0 Å². The number of primary amides is 1. The molecule has 4 atom stereocenters. The van der Waals surface area contributed by atoms with Crippen LogP contribution < -0.4 is 5.73 Å². The number of carboxylic acids is 2. The van der Waals surface area contributed by atoms with Crippen molar-refractivity contribution in [2.24, 2.45) is 11.7 Å². The van der Waals surface area contributed by atoms with Gasteiger partial charge in [0.25, 0.3) is 5.91 Å². The van der Waals surface area contributed by atoms with Gasteiger partial charge in [-0.1, -0.05) is 18.2 Å². The molecular weight excluding hydrogens is 464 g/mol. The summed E-state index contributed by atoms with van der Waals surface area (Å²) < 4.78 is 0.910. The summed E-state index contributed by atoms with van der Waals surface area (Å²) in [6.45, 7) is 6.36. The van der Waals surface area contributed by atoms with Crippen molar-refractivity contribution in [3.8, 4) is 5.75 Å². The van der Waals surface area contributed by atoms with Crippen LogP contribution >= 0.6 is 0 Å². The van der Waals surface area contributed by atoms with E-state index < -0.39 is 28.9 Å². The number of quaternary nitrogens is 1. The lowest BCUT2D eigenvalue weighted by Gasteiger charge is -2.65. The molecule has 1 amide bonds. The molecular formula is C27H37N2O7+. The van der Waals surface area contributed by atoms with E-state index >= 15 is 0 Å². The Hall–Kier alpha value is -2.91. The number of hydrogen-bond donors (Lipinski definition) is 5. The maximum Gasteiger partial charge on any atom is 0.303 e. The zero-order chi connectivity index (χ0) is 26.5. The van der Waals surface area contributed by atoms with Gasteiger partial charge in [0.1, 0.15) is 17.4 Å². The second-order valence-corrected chi connectivity index (χ2v) is 11.4. The fourth-order valence-corrected chi connectivity index (χ4v) is 7.07. The van der Waals surface area contributed by atoms with E-state index in [1.165, 1.54) is 12.8 Å². The fraction of sp³-hybridized carbons (Fsp3) is 0.593. The summed E-state index contributed by atoms with van der Waals surface area (Å²) in [7, 11) is 2.32. The molecule has 5 rings (SSSR count). The molecule has 196 valence electrons. The number of nitrogens with zero attached hydrogens (tertiary/aromatic N) is 1. The van der Waals surface area contributed by atoms with Gasteiger partial charge in [-0.15, -0.1) is 0 Å². The van der Waals surface area contributed by atoms with Gasteiger partial charge in [0, 0.05) is 29.7 Å². The highest BCUT2D eigenvalue weighted by Gasteiger charge is 2.69. The van der Waals surface area contributed by atoms with Crippen LogP contribution in [0.25, 0.3) is 0 Å². The second kappa shape index (κ2) is 9.19. The van der Waals surface area contributed by atoms with Crippen LogP contribution in [0.15, 0.2) is 24.3 Å². The molecule has 2 saturated carbocycles. The number of hydrogen-bond acceptors (Lipinski definition) is 5. The minimum atomic E-state index is -1.08. The minimum absolute atomic E-state index is 0.0186. The van der Waals surface area contributed by atoms with Gasteiger partial charge in [0.15, 0.2) is 0 Å². The normalized spacial score (nSPS) is 32.4. The standard InChI is InChI=1S/C23H30N2O3.C4H6O4/c1-14-7-8-23(28)18-11-16-5-6-17(21(24)27)20(26)19(16)22(23,12-14)9-10-25(18,2)13-15-3-4-15;5-3(6)1-2-4(7)8/h5-6,15,18,28H,1,3-4,7-13H2,2H3,(H2-,24,26,27);1-2H2,(H,5,6)(H,7,8)/p+1/t18-,22-,23-,25?;/m1./s1. The first-order valence-corrected chi connectivity index (χ1v) is 12.6. The molecule has 4 aliphatic rings. The van der Waals surface area contributed by atoms with Crippen molar-refractivity contribution in [3.05, 3.63) is 41.0 Å². The van der Waals surface area contributed by atoms with Crippen LogP contribution in [0.3, 0.4) is 0 Å². The molecule has 6 N–H and O–H groups in total. The Kier molecular flexibility index (Phi) is 6.68. The molecule has 9 heteroatoms. The smallest absolute Gasteiger partial charge is 0.303 e. The molecule has 36 heavy (non-hydrogen) atoms. The summed E-state index contributed by atoms with van der Waals surface area (Å²) >= 11 is 0. The molecule has 2 bridgehead atoms. The van der Waals surface area contributed by atoms with Crippen LogP contribution in [-0.2, 0) is 21.4 Å². The van der Waals surface area contributed by atoms with E-state index in [2.05, 4.69) is 13.6 Å². The topological polar surface area (TPSA) is 158 Å². The number of rotatable bonds is 6. The number of fused-ring (bicyclic) bond motifs is 1. The largest absolute Gasteiger partial charge is 0.507 e. The lowest BCUT2D eigenvalue weighted by Crippen LogP contribution is -2.78. The van der Waals surface area contributed by atoms with Crippen molar-refractivity contribution in [1.82, 2.24) is 0 Å². The van der Waals surface area contributed by atoms with Crippen LogP contribution in [0, 0.1) is 5.92 Å². The van der Waals surface area contributed by atoms with E-state index in [0.29, 0.717) is 12.8 Å². The summed E-state index contributed by atoms with van der Waals surface area (Å²) in [5.74, 6) is -2.01. The van der Waals surface area contributed by atoms with Gasteiger partial charge >= 0.3 is 11.9 Å². The fourth-order valence-electron chi connectivity index (χ4n) is 7.07. The highest BCUT2D eigenvalue weighted by Crippen LogP contribution is 2.62. The van der Waals surface area contributed by atoms with Gasteiger partial charge in [0.05, 0.1) is 38.5 Å². The summed E-state index contributed by atoms with van der Waals surface area (Å²) in [4.78, 5) is 31.2. The molecule has 1 unspecified atom stereocenters. The zero-order valence-corrected chi connectivity index (χ0v) is 20.8. The maximum absolute atomic E-state index is 12.3. The minimum Gasteiger partial charge on any atom is -0.507 e. The molecule has 1 heterocycles. The third-order valence-corrected chi connectivity index (χ3v) is 8.94. The number of amides is 1. The lowest BCUT2D eigenvalue weighted by atomic mass is 9.48. The van der Waals surface area contributed by atoms with Crippen LogP contribution in [0.4, 0.5) is 0 Å². The Labute approximate surface area is 210 Å². The number of likely N-dealkylation sites (N-methyl/N-ethyl adjacent to an activating group) is 1. The van der Waals surface area contributed by atoms with Gasteiger partial charge in [-0.3, -0.25) is 14.4 Å². The number of nitrogens with two attached hydrogens (primary N) is 1. The van der Waals surface area contributed by atoms with Gasteiger partial charge in [-0.2, -0.15) is 0 Å². The Morgan fingerprint density at radius 2 is 1.78 bits per heavy atom. The van der Waals surface area contributed by atoms with Gasteiger partial charge in [0.2, 0.25) is 0 Å². The van der Waals surface area contributed by atoms with E-state index in [1.54, 1.807) is 6.07 Å². The van der Waals surface area contributed by atoms with Crippen molar-refractivity contribution >= 4 is 17.8 Å². The van der Waals surface area contributed by atoms with Crippen molar-refractivity contribution in [3.63, 3.8) is 0 Å². The van der Waals surface area contributed by atoms with E-state index in [-0.39, 0.29) is 30.2 Å². The first-order chi connectivity index (χ1) is 16.8. The molecule has 1 saturated heterocycles. The first kappa shape index (κ1) is 26.2. The molecule has 0 aromatic heterocycles. The van der Waals surface area contributed by atoms with Crippen LogP contribution in [0.1, 0.15) is 72.9 Å². The van der Waals surface area contributed by atoms with Gasteiger partial charge in [-0.05, 0) is 43.7 Å². The third kappa shape index (κ3) is 4.39. The predicted octanol–water partition coefficient (Wildman–Crippen LogP) is 2.32. The number of carbonyl (C=O) groups excluding carboxylic acids is 1. The van der Waals surface area contributed by atoms with E-state index in [4.69, 9.17) is 15.9 Å². The molecule has 1 aromatic carbocycles. The molecule has 3 aliphatic carbocycles. The van der Waals surface area contributed by atoms with Crippen LogP contribution in [0.5, 0.6) is 5.75 Å². The first-order valence-electron chi connectivity index (χ1n) is 12.6. The number of likely N-dealkylation sites (tertiary alicyclic amines) is 1. The Morgan fingerprint density at radius 1 is 1.14 bits per heavy atom. The summed E-state index contributed by atoms with van der Waals surface area (Å²) in [5.41, 5.74) is 7.17. The number of benzene rings is 1. The second-order valence-electron chi connectivity index (χ2n) is 11.4. The number of phenols is 1. The molecule has 3 fully saturated rings. The summed E-state index contributed by atoms with van der Waals surface area (Å²) in [6.07, 6.45) is 5.72. The number of carbonyl (C=O) groups is 3. The SMILES string of the molecule is C=C1CC[C@@]2(O)[C@H]3Cc4ccc(C(N)=O)c(O)c4[C@@]2(CC[N+]3(C)CC2CC2)C1.O=C(O)CCC(=O)O. The lowest BCUT2D eigenvalue weighted by molar-refractivity contribution is -0.950. The summed E-state index contributed by atoms with van der Waals surface area (Å²) in [6, 6.07) is 3.71. The number of allylic oxidation sites excluding steroid dienone is 1. The van der Waals surface area contributed by atoms with Gasteiger partial charge in [-0.25, -0.2) is 0 Å². The van der Waals surface area contributed by atoms with Crippen molar-refractivity contribution in [2.45, 2.75) is 74.8 Å². The van der Waals surface area contributed by atoms with Crippen molar-refractivity contribution in [1.29, 1.82) is 0 Å². The number of aliphatic hydroxyl groups is 1. The quantitative estimate of drug-likeness (QED) is 0.295. The van der Waals surface area contributed by atoms with E-state index in [0.717, 1.165) is 59.5 Å². The Bertz CT molecular complexity index is 1100. The molecule has 1 aliphatic heterocycles. The summed E-state index contributed by atoms with van der Waals surface area (Å²) in [5, 5.41) is 39.2. The zero-order valence-electron chi connectivity index (χ0n) is 20.8. The number of carboxylic acid groups (broad SMARTS) is 2. The predicted molar refractivity (Wildman–Crippen MR) is 132 cm³/mol. The number of piperidine rings is 1. The molecule has 1 aromatic rings. The highest BCUT2D eigenvalue weighted by atomic mass is 16.4.